The molecule has 0 aliphatic carbocycles. The quantitative estimate of drug-likeness (QED) is 0.468. The number of benzene rings is 2. The van der Waals surface area contributed by atoms with Crippen LogP contribution in [0.15, 0.2) is 48.5 Å². The smallest absolute Gasteiger partial charge is 0.309 e. The Morgan fingerprint density at radius 1 is 1.00 bits per heavy atom. The zero-order valence-corrected chi connectivity index (χ0v) is 19.9. The maximum Gasteiger partial charge on any atom is 0.309 e. The van der Waals surface area contributed by atoms with Crippen LogP contribution in [-0.4, -0.2) is 56.4 Å². The lowest BCUT2D eigenvalue weighted by atomic mass is 9.96. The number of nitrogens with one attached hydrogen (secondary N) is 1. The largest absolute Gasteiger partial charge is 0.454 e. The maximum absolute atomic E-state index is 12.6. The van der Waals surface area contributed by atoms with Gasteiger partial charge in [0, 0.05) is 34.9 Å². The first-order valence-electron chi connectivity index (χ1n) is 10.4. The van der Waals surface area contributed by atoms with E-state index in [4.69, 9.17) is 16.3 Å². The third kappa shape index (κ3) is 6.79. The number of ketones is 1. The molecule has 1 amide bonds. The second kappa shape index (κ2) is 10.4. The summed E-state index contributed by atoms with van der Waals surface area (Å²) in [6.07, 6.45) is 0.946. The molecule has 1 fully saturated rings. The van der Waals surface area contributed by atoms with Crippen LogP contribution in [0.5, 0.6) is 0 Å². The second-order valence-corrected chi connectivity index (χ2v) is 10.2. The van der Waals surface area contributed by atoms with Crippen molar-refractivity contribution in [1.82, 2.24) is 4.90 Å². The van der Waals surface area contributed by atoms with E-state index in [0.29, 0.717) is 47.8 Å². The first-order chi connectivity index (χ1) is 15.5. The van der Waals surface area contributed by atoms with Crippen LogP contribution < -0.4 is 4.72 Å². The Morgan fingerprint density at radius 3 is 2.09 bits per heavy atom. The maximum atomic E-state index is 12.6. The number of halogens is 1. The Hall–Kier alpha value is -2.91. The van der Waals surface area contributed by atoms with Crippen LogP contribution in [-0.2, 0) is 19.6 Å². The molecule has 0 aromatic heterocycles. The van der Waals surface area contributed by atoms with Gasteiger partial charge in [0.15, 0.2) is 6.10 Å². The monoisotopic (exact) mass is 492 g/mol. The highest BCUT2D eigenvalue weighted by atomic mass is 35.5. The van der Waals surface area contributed by atoms with Crippen LogP contribution in [0.25, 0.3) is 0 Å². The summed E-state index contributed by atoms with van der Waals surface area (Å²) in [7, 11) is -3.42. The molecule has 1 aliphatic rings. The van der Waals surface area contributed by atoms with Gasteiger partial charge in [-0.15, -0.1) is 0 Å². The minimum absolute atomic E-state index is 0.115. The zero-order chi connectivity index (χ0) is 24.2. The van der Waals surface area contributed by atoms with E-state index in [9.17, 15) is 22.8 Å². The number of sulfonamides is 1. The van der Waals surface area contributed by atoms with Gasteiger partial charge in [0.2, 0.25) is 15.8 Å². The van der Waals surface area contributed by atoms with Crippen LogP contribution in [0.3, 0.4) is 0 Å². The molecule has 0 radical (unpaired) electrons. The minimum atomic E-state index is -3.42. The van der Waals surface area contributed by atoms with Crippen molar-refractivity contribution in [3.63, 3.8) is 0 Å². The van der Waals surface area contributed by atoms with Gasteiger partial charge in [0.1, 0.15) is 0 Å². The molecule has 176 valence electrons. The van der Waals surface area contributed by atoms with E-state index in [1.54, 1.807) is 29.2 Å². The molecule has 1 N–H and O–H groups in total. The number of rotatable bonds is 7. The molecule has 1 atom stereocenters. The molecule has 2 aromatic carbocycles. The van der Waals surface area contributed by atoms with E-state index in [1.807, 2.05) is 0 Å². The topological polar surface area (TPSA) is 110 Å². The second-order valence-electron chi connectivity index (χ2n) is 7.97. The van der Waals surface area contributed by atoms with E-state index in [0.717, 1.165) is 6.26 Å². The molecule has 1 aliphatic heterocycles. The number of Topliss-reactive ketones (excluding diaryl/α,β-unsaturated/α-hetero) is 1. The number of hydrogen-bond donors (Lipinski definition) is 1. The average molecular weight is 493 g/mol. The molecule has 0 bridgehead atoms. The predicted octanol–water partition coefficient (Wildman–Crippen LogP) is 3.38. The molecular weight excluding hydrogens is 468 g/mol. The lowest BCUT2D eigenvalue weighted by molar-refractivity contribution is -0.152. The number of esters is 1. The highest BCUT2D eigenvalue weighted by molar-refractivity contribution is 7.92. The number of nitrogens with zero attached hydrogens (tertiary/aromatic N) is 1. The summed E-state index contributed by atoms with van der Waals surface area (Å²) in [5, 5.41) is 0.554. The van der Waals surface area contributed by atoms with Crippen molar-refractivity contribution in [3.05, 3.63) is 64.7 Å². The third-order valence-electron chi connectivity index (χ3n) is 5.34. The molecule has 1 heterocycles. The fourth-order valence-electron chi connectivity index (χ4n) is 3.57. The molecule has 33 heavy (non-hydrogen) atoms. The van der Waals surface area contributed by atoms with Crippen molar-refractivity contribution in [1.29, 1.82) is 0 Å². The van der Waals surface area contributed by atoms with Crippen LogP contribution in [0.2, 0.25) is 5.02 Å². The minimum Gasteiger partial charge on any atom is -0.454 e. The molecule has 10 heteroatoms. The summed E-state index contributed by atoms with van der Waals surface area (Å²) in [5.74, 6) is -1.36. The Balaban J connectivity index is 1.51. The normalized spacial score (nSPS) is 15.5. The van der Waals surface area contributed by atoms with Crippen molar-refractivity contribution in [2.24, 2.45) is 5.92 Å². The summed E-state index contributed by atoms with van der Waals surface area (Å²) in [6.45, 7) is 2.33. The van der Waals surface area contributed by atoms with Gasteiger partial charge >= 0.3 is 5.97 Å². The highest BCUT2D eigenvalue weighted by Crippen LogP contribution is 2.22. The number of amides is 1. The molecular formula is C23H25ClN2O6S. The number of piperidine rings is 1. The van der Waals surface area contributed by atoms with E-state index in [2.05, 4.69) is 4.72 Å². The Bertz CT molecular complexity index is 1120. The first kappa shape index (κ1) is 24.7. The lowest BCUT2D eigenvalue weighted by Gasteiger charge is -2.31. The molecule has 0 spiro atoms. The zero-order valence-electron chi connectivity index (χ0n) is 18.3. The molecule has 0 saturated carbocycles. The fraction of sp³-hybridized carbons (Fsp3) is 0.348. The van der Waals surface area contributed by atoms with Crippen molar-refractivity contribution in [3.8, 4) is 0 Å². The highest BCUT2D eigenvalue weighted by Gasteiger charge is 2.31. The van der Waals surface area contributed by atoms with Crippen LogP contribution in [0, 0.1) is 5.92 Å². The van der Waals surface area contributed by atoms with Crippen molar-refractivity contribution < 1.29 is 27.5 Å². The Morgan fingerprint density at radius 2 is 1.55 bits per heavy atom. The van der Waals surface area contributed by atoms with Crippen molar-refractivity contribution in [2.45, 2.75) is 25.9 Å². The predicted molar refractivity (Wildman–Crippen MR) is 125 cm³/mol. The van der Waals surface area contributed by atoms with Gasteiger partial charge in [-0.2, -0.15) is 0 Å². The summed E-state index contributed by atoms with van der Waals surface area (Å²) >= 11 is 5.86. The van der Waals surface area contributed by atoms with E-state index < -0.39 is 28.0 Å². The van der Waals surface area contributed by atoms with Gasteiger partial charge in [0.05, 0.1) is 12.2 Å². The molecule has 0 unspecified atom stereocenters. The van der Waals surface area contributed by atoms with E-state index in [1.165, 1.54) is 31.2 Å². The number of ether oxygens (including phenoxy) is 1. The van der Waals surface area contributed by atoms with Gasteiger partial charge < -0.3 is 9.64 Å². The molecule has 8 nitrogen and oxygen atoms in total. The van der Waals surface area contributed by atoms with Gasteiger partial charge in [-0.1, -0.05) is 11.6 Å². The number of hydrogen-bond acceptors (Lipinski definition) is 6. The number of carbonyl (C=O) groups is 3. The van der Waals surface area contributed by atoms with Crippen molar-refractivity contribution >= 4 is 45.0 Å². The van der Waals surface area contributed by atoms with Gasteiger partial charge in [0.25, 0.3) is 5.91 Å². The Kier molecular flexibility index (Phi) is 7.76. The summed E-state index contributed by atoms with van der Waals surface area (Å²) in [5.41, 5.74) is 1.17. The summed E-state index contributed by atoms with van der Waals surface area (Å²) in [6, 6.07) is 12.5. The number of carbonyl (C=O) groups excluding carboxylic acids is 3. The van der Waals surface area contributed by atoms with Crippen LogP contribution in [0.4, 0.5) is 5.69 Å². The average Bonchev–Trinajstić information content (AvgIpc) is 2.78. The fourth-order valence-corrected chi connectivity index (χ4v) is 4.26. The van der Waals surface area contributed by atoms with Crippen LogP contribution >= 0.6 is 11.6 Å². The van der Waals surface area contributed by atoms with Gasteiger partial charge in [-0.05, 0) is 68.3 Å². The Labute approximate surface area is 197 Å². The SMILES string of the molecule is C[C@@H](OC(=O)C1CCN(C(=O)c2ccc(Cl)cc2)CC1)C(=O)c1ccc(NS(C)(=O)=O)cc1. The first-order valence-corrected chi connectivity index (χ1v) is 12.7. The third-order valence-corrected chi connectivity index (χ3v) is 6.20. The van der Waals surface area contributed by atoms with Gasteiger partial charge in [-0.3, -0.25) is 19.1 Å². The number of anilines is 1. The lowest BCUT2D eigenvalue weighted by Crippen LogP contribution is -2.41. The molecule has 1 saturated heterocycles. The summed E-state index contributed by atoms with van der Waals surface area (Å²) < 4.78 is 30.3. The van der Waals surface area contributed by atoms with Crippen LogP contribution in [0.1, 0.15) is 40.5 Å². The molecule has 3 rings (SSSR count). The van der Waals surface area contributed by atoms with Gasteiger partial charge in [-0.25, -0.2) is 8.42 Å². The molecule has 2 aromatic rings. The van der Waals surface area contributed by atoms with E-state index in [-0.39, 0.29) is 11.7 Å². The van der Waals surface area contributed by atoms with E-state index >= 15 is 0 Å². The standard InChI is InChI=1S/C23H25ClN2O6S/c1-15(21(27)16-5-9-20(10-6-16)25-33(2,30)31)32-23(29)18-11-13-26(14-12-18)22(28)17-3-7-19(24)8-4-17/h3-10,15,18,25H,11-14H2,1-2H3/t15-/m1/s1. The summed E-state index contributed by atoms with van der Waals surface area (Å²) in [4.78, 5) is 39.5. The van der Waals surface area contributed by atoms with Crippen molar-refractivity contribution in [2.75, 3.05) is 24.1 Å². The number of likely N-dealkylation sites (tertiary alicyclic amines) is 1.